The van der Waals surface area contributed by atoms with Crippen LogP contribution in [0.5, 0.6) is 0 Å². The van der Waals surface area contributed by atoms with E-state index in [4.69, 9.17) is 28.4 Å². The molecule has 0 spiro atoms. The number of rotatable bonds is 19. The number of ketones is 1. The van der Waals surface area contributed by atoms with Crippen LogP contribution in [0, 0.1) is 0 Å². The Bertz CT molecular complexity index is 1270. The van der Waals surface area contributed by atoms with Crippen molar-refractivity contribution in [2.75, 3.05) is 72.6 Å². The van der Waals surface area contributed by atoms with E-state index in [0.29, 0.717) is 58.4 Å². The summed E-state index contributed by atoms with van der Waals surface area (Å²) in [5, 5.41) is 2.72. The van der Waals surface area contributed by atoms with Crippen LogP contribution in [0.4, 0.5) is 4.79 Å². The molecule has 1 aliphatic carbocycles. The largest absolute Gasteiger partial charge is 0.457 e. The monoisotopic (exact) mass is 591 g/mol. The van der Waals surface area contributed by atoms with Crippen LogP contribution in [0.15, 0.2) is 78.9 Å². The molecule has 3 aromatic rings. The summed E-state index contributed by atoms with van der Waals surface area (Å²) in [7, 11) is 0. The second-order valence-corrected chi connectivity index (χ2v) is 9.53. The first-order valence-corrected chi connectivity index (χ1v) is 14.3. The van der Waals surface area contributed by atoms with Gasteiger partial charge in [-0.15, -0.1) is 0 Å². The molecular formula is C33H37NO9. The van der Waals surface area contributed by atoms with Gasteiger partial charge in [0, 0.05) is 18.0 Å². The molecule has 10 nitrogen and oxygen atoms in total. The lowest BCUT2D eigenvalue weighted by Crippen LogP contribution is -2.29. The number of ether oxygens (including phenoxy) is 6. The normalized spacial score (nSPS) is 11.9. The number of fused-ring (bicyclic) bond motifs is 3. The third-order valence-electron chi connectivity index (χ3n) is 6.66. The van der Waals surface area contributed by atoms with Crippen molar-refractivity contribution in [2.45, 2.75) is 5.92 Å². The number of alkyl carbamates (subject to hydrolysis) is 1. The van der Waals surface area contributed by atoms with E-state index in [1.165, 1.54) is 22.3 Å². The molecule has 1 N–H and O–H groups in total. The molecule has 1 aliphatic rings. The van der Waals surface area contributed by atoms with Crippen molar-refractivity contribution >= 4 is 17.8 Å². The van der Waals surface area contributed by atoms with Crippen LogP contribution in [0.3, 0.4) is 0 Å². The molecule has 0 radical (unpaired) electrons. The Morgan fingerprint density at radius 3 is 1.63 bits per heavy atom. The number of nitrogens with one attached hydrogen (secondary N) is 1. The Labute approximate surface area is 251 Å². The highest BCUT2D eigenvalue weighted by Gasteiger charge is 2.28. The van der Waals surface area contributed by atoms with E-state index in [9.17, 15) is 14.4 Å². The highest BCUT2D eigenvalue weighted by atomic mass is 16.6. The minimum absolute atomic E-state index is 0.0122. The average molecular weight is 592 g/mol. The molecule has 0 saturated heterocycles. The number of hydrogen-bond acceptors (Lipinski definition) is 9. The van der Waals surface area contributed by atoms with Gasteiger partial charge in [-0.1, -0.05) is 78.9 Å². The maximum atomic E-state index is 12.2. The summed E-state index contributed by atoms with van der Waals surface area (Å²) < 4.78 is 32.1. The van der Waals surface area contributed by atoms with Crippen LogP contribution in [-0.2, 0) is 33.2 Å². The second-order valence-electron chi connectivity index (χ2n) is 9.53. The molecule has 228 valence electrons. The maximum absolute atomic E-state index is 12.2. The predicted molar refractivity (Wildman–Crippen MR) is 158 cm³/mol. The number of hydrogen-bond donors (Lipinski definition) is 1. The molecule has 10 heteroatoms. The van der Waals surface area contributed by atoms with Gasteiger partial charge in [0.15, 0.2) is 0 Å². The average Bonchev–Trinajstić information content (AvgIpc) is 3.37. The minimum Gasteiger partial charge on any atom is -0.457 e. The molecule has 1 amide bonds. The fourth-order valence-electron chi connectivity index (χ4n) is 4.60. The molecule has 0 heterocycles. The van der Waals surface area contributed by atoms with Gasteiger partial charge in [-0.05, 0) is 22.3 Å². The molecule has 0 unspecified atom stereocenters. The van der Waals surface area contributed by atoms with Gasteiger partial charge in [0.05, 0.1) is 52.9 Å². The Hall–Kier alpha value is -4.09. The number of amides is 1. The van der Waals surface area contributed by atoms with Crippen molar-refractivity contribution in [2.24, 2.45) is 0 Å². The first-order valence-electron chi connectivity index (χ1n) is 14.3. The van der Waals surface area contributed by atoms with Crippen LogP contribution in [0.1, 0.15) is 27.4 Å². The number of Topliss-reactive ketones (excluding diaryl/α,β-unsaturated/α-hetero) is 1. The lowest BCUT2D eigenvalue weighted by Gasteiger charge is -2.14. The molecular weight excluding hydrogens is 554 g/mol. The summed E-state index contributed by atoms with van der Waals surface area (Å²) in [6.45, 7) is 3.38. The van der Waals surface area contributed by atoms with Crippen LogP contribution in [0.2, 0.25) is 0 Å². The first kappa shape index (κ1) is 31.8. The van der Waals surface area contributed by atoms with E-state index in [0.717, 1.165) is 0 Å². The lowest BCUT2D eigenvalue weighted by atomic mass is 9.98. The van der Waals surface area contributed by atoms with E-state index in [2.05, 4.69) is 29.6 Å². The van der Waals surface area contributed by atoms with E-state index in [1.807, 2.05) is 24.3 Å². The van der Waals surface area contributed by atoms with Crippen molar-refractivity contribution in [1.82, 2.24) is 5.32 Å². The van der Waals surface area contributed by atoms with Gasteiger partial charge in [-0.2, -0.15) is 0 Å². The van der Waals surface area contributed by atoms with Gasteiger partial charge >= 0.3 is 12.1 Å². The van der Waals surface area contributed by atoms with E-state index >= 15 is 0 Å². The van der Waals surface area contributed by atoms with E-state index in [-0.39, 0.29) is 25.7 Å². The van der Waals surface area contributed by atoms with Crippen LogP contribution >= 0.6 is 0 Å². The molecule has 0 aliphatic heterocycles. The van der Waals surface area contributed by atoms with Crippen LogP contribution < -0.4 is 5.32 Å². The van der Waals surface area contributed by atoms with Crippen molar-refractivity contribution in [1.29, 1.82) is 0 Å². The molecule has 0 fully saturated rings. The van der Waals surface area contributed by atoms with Gasteiger partial charge in [0.2, 0.25) is 0 Å². The van der Waals surface area contributed by atoms with Gasteiger partial charge in [-0.3, -0.25) is 4.79 Å². The van der Waals surface area contributed by atoms with Gasteiger partial charge < -0.3 is 33.7 Å². The molecule has 43 heavy (non-hydrogen) atoms. The minimum atomic E-state index is -0.904. The number of esters is 1. The SMILES string of the molecule is O=C(NCCOCCOCCOCCOCCOC(=O)C(=O)c1ccccc1)OCC1c2ccccc2-c2ccccc21. The zero-order chi connectivity index (χ0) is 30.1. The smallest absolute Gasteiger partial charge is 0.407 e. The van der Waals surface area contributed by atoms with Crippen LogP contribution in [0.25, 0.3) is 11.1 Å². The summed E-state index contributed by atoms with van der Waals surface area (Å²) in [6, 6.07) is 24.7. The van der Waals surface area contributed by atoms with Crippen molar-refractivity contribution in [3.05, 3.63) is 95.6 Å². The summed E-state index contributed by atoms with van der Waals surface area (Å²) in [5.41, 5.74) is 5.02. The Morgan fingerprint density at radius 1 is 0.558 bits per heavy atom. The predicted octanol–water partition coefficient (Wildman–Crippen LogP) is 4.02. The van der Waals surface area contributed by atoms with Crippen LogP contribution in [-0.4, -0.2) is 90.5 Å². The topological polar surface area (TPSA) is 119 Å². The fraction of sp³-hybridized carbons (Fsp3) is 0.364. The van der Waals surface area contributed by atoms with Crippen molar-refractivity contribution < 1.29 is 42.8 Å². The zero-order valence-electron chi connectivity index (χ0n) is 24.0. The first-order chi connectivity index (χ1) is 21.1. The Balaban J connectivity index is 0.919. The number of carbonyl (C=O) groups is 3. The lowest BCUT2D eigenvalue weighted by molar-refractivity contribution is -0.139. The fourth-order valence-corrected chi connectivity index (χ4v) is 4.60. The van der Waals surface area contributed by atoms with Gasteiger partial charge in [0.1, 0.15) is 13.2 Å². The molecule has 4 rings (SSSR count). The summed E-state index contributed by atoms with van der Waals surface area (Å²) in [5.74, 6) is -1.56. The molecule has 0 atom stereocenters. The highest BCUT2D eigenvalue weighted by Crippen LogP contribution is 2.44. The molecule has 0 aromatic heterocycles. The third kappa shape index (κ3) is 10.0. The molecule has 0 bridgehead atoms. The molecule has 0 saturated carbocycles. The van der Waals surface area contributed by atoms with Gasteiger partial charge in [0.25, 0.3) is 5.78 Å². The van der Waals surface area contributed by atoms with Gasteiger partial charge in [-0.25, -0.2) is 9.59 Å². The summed E-state index contributed by atoms with van der Waals surface area (Å²) >= 11 is 0. The Morgan fingerprint density at radius 2 is 1.05 bits per heavy atom. The Kier molecular flexibility index (Phi) is 13.2. The van der Waals surface area contributed by atoms with E-state index < -0.39 is 17.8 Å². The third-order valence-corrected chi connectivity index (χ3v) is 6.66. The van der Waals surface area contributed by atoms with E-state index in [1.54, 1.807) is 30.3 Å². The zero-order valence-corrected chi connectivity index (χ0v) is 24.0. The number of carbonyl (C=O) groups excluding carboxylic acids is 3. The summed E-state index contributed by atoms with van der Waals surface area (Å²) in [6.07, 6.45) is -0.470. The quantitative estimate of drug-likeness (QED) is 0.0955. The van der Waals surface area contributed by atoms with Crippen molar-refractivity contribution in [3.63, 3.8) is 0 Å². The summed E-state index contributed by atoms with van der Waals surface area (Å²) in [4.78, 5) is 35.8. The van der Waals surface area contributed by atoms with Crippen molar-refractivity contribution in [3.8, 4) is 11.1 Å². The highest BCUT2D eigenvalue weighted by molar-refractivity contribution is 6.40. The molecule has 3 aromatic carbocycles. The second kappa shape index (κ2) is 17.8. The standard InChI is InChI=1S/C33H37NO9/c35-31(25-8-2-1-3-9-25)32(36)42-23-22-41-21-20-40-19-18-39-17-16-38-15-14-34-33(37)43-24-30-28-12-6-4-10-26(28)27-11-5-7-13-29(27)30/h1-13,30H,14-24H2,(H,34,37). The maximum Gasteiger partial charge on any atom is 0.407 e. The number of benzene rings is 3.